The standard InChI is InChI=1S/C22H19N3O2S/c1-14(2)17-5-3-4-6-18(17)24-11-16(10-23)22-25-19(12-28-22)15-7-8-20-21(9-15)27-13-26-20/h3-9,11-12,14,24H,13H2,1-2H3. The van der Waals surface area contributed by atoms with E-state index in [1.54, 1.807) is 6.20 Å². The van der Waals surface area contributed by atoms with Gasteiger partial charge in [0.1, 0.15) is 16.6 Å². The molecule has 1 aliphatic heterocycles. The van der Waals surface area contributed by atoms with Crippen molar-refractivity contribution in [1.29, 1.82) is 5.26 Å². The average Bonchev–Trinajstić information content (AvgIpc) is 3.37. The number of aromatic nitrogens is 1. The van der Waals surface area contributed by atoms with Crippen molar-refractivity contribution in [2.75, 3.05) is 12.1 Å². The molecule has 0 aliphatic carbocycles. The van der Waals surface area contributed by atoms with Crippen LogP contribution in [-0.2, 0) is 0 Å². The molecule has 0 saturated carbocycles. The van der Waals surface area contributed by atoms with Crippen LogP contribution in [0.3, 0.4) is 0 Å². The third-order valence-corrected chi connectivity index (χ3v) is 5.35. The first-order chi connectivity index (χ1) is 13.7. The quantitative estimate of drug-likeness (QED) is 0.572. The fourth-order valence-corrected chi connectivity index (χ4v) is 3.80. The lowest BCUT2D eigenvalue weighted by molar-refractivity contribution is 0.174. The Balaban J connectivity index is 1.58. The van der Waals surface area contributed by atoms with E-state index in [-0.39, 0.29) is 6.79 Å². The number of nitrogens with zero attached hydrogens (tertiary/aromatic N) is 2. The number of hydrogen-bond acceptors (Lipinski definition) is 6. The van der Waals surface area contributed by atoms with Crippen LogP contribution in [0.2, 0.25) is 0 Å². The van der Waals surface area contributed by atoms with Crippen LogP contribution in [0, 0.1) is 11.3 Å². The highest BCUT2D eigenvalue weighted by Gasteiger charge is 2.16. The first kappa shape index (κ1) is 18.1. The van der Waals surface area contributed by atoms with Gasteiger partial charge in [-0.1, -0.05) is 32.0 Å². The number of thiazole rings is 1. The van der Waals surface area contributed by atoms with E-state index in [4.69, 9.17) is 9.47 Å². The summed E-state index contributed by atoms with van der Waals surface area (Å²) in [7, 11) is 0. The van der Waals surface area contributed by atoms with Crippen LogP contribution in [0.1, 0.15) is 30.3 Å². The number of fused-ring (bicyclic) bond motifs is 1. The second-order valence-electron chi connectivity index (χ2n) is 6.66. The van der Waals surface area contributed by atoms with E-state index in [9.17, 15) is 5.26 Å². The average molecular weight is 389 g/mol. The normalized spacial score (nSPS) is 12.9. The van der Waals surface area contributed by atoms with Crippen molar-refractivity contribution in [3.8, 4) is 28.8 Å². The highest BCUT2D eigenvalue weighted by Crippen LogP contribution is 2.36. The molecule has 0 bridgehead atoms. The Morgan fingerprint density at radius 2 is 2.04 bits per heavy atom. The van der Waals surface area contributed by atoms with E-state index in [2.05, 4.69) is 36.3 Å². The van der Waals surface area contributed by atoms with Gasteiger partial charge >= 0.3 is 0 Å². The summed E-state index contributed by atoms with van der Waals surface area (Å²) >= 11 is 1.44. The summed E-state index contributed by atoms with van der Waals surface area (Å²) in [4.78, 5) is 4.64. The first-order valence-corrected chi connectivity index (χ1v) is 9.85. The third-order valence-electron chi connectivity index (χ3n) is 4.48. The Bertz CT molecular complexity index is 1080. The second-order valence-corrected chi connectivity index (χ2v) is 7.52. The monoisotopic (exact) mass is 389 g/mol. The van der Waals surface area contributed by atoms with Gasteiger partial charge in [-0.3, -0.25) is 0 Å². The van der Waals surface area contributed by atoms with Gasteiger partial charge in [-0.25, -0.2) is 4.98 Å². The zero-order chi connectivity index (χ0) is 19.5. The summed E-state index contributed by atoms with van der Waals surface area (Å²) in [5, 5.41) is 15.5. The molecule has 1 aliphatic rings. The summed E-state index contributed by atoms with van der Waals surface area (Å²) in [6.45, 7) is 4.54. The Labute approximate surface area is 167 Å². The first-order valence-electron chi connectivity index (χ1n) is 8.97. The molecule has 1 aromatic heterocycles. The molecule has 140 valence electrons. The number of hydrogen-bond donors (Lipinski definition) is 1. The van der Waals surface area contributed by atoms with Crippen LogP contribution < -0.4 is 14.8 Å². The van der Waals surface area contributed by atoms with E-state index in [1.165, 1.54) is 16.9 Å². The number of rotatable bonds is 5. The molecule has 0 unspecified atom stereocenters. The maximum atomic E-state index is 9.61. The number of allylic oxidation sites excluding steroid dienone is 1. The van der Waals surface area contributed by atoms with Crippen molar-refractivity contribution in [2.45, 2.75) is 19.8 Å². The fraction of sp³-hybridized carbons (Fsp3) is 0.182. The topological polar surface area (TPSA) is 67.2 Å². The van der Waals surface area contributed by atoms with Crippen LogP contribution in [0.4, 0.5) is 5.69 Å². The lowest BCUT2D eigenvalue weighted by atomic mass is 10.0. The molecule has 0 spiro atoms. The van der Waals surface area contributed by atoms with E-state index in [0.29, 0.717) is 16.5 Å². The van der Waals surface area contributed by atoms with Gasteiger partial charge in [0.15, 0.2) is 11.5 Å². The van der Waals surface area contributed by atoms with Gasteiger partial charge in [0, 0.05) is 22.8 Å². The van der Waals surface area contributed by atoms with Crippen LogP contribution in [0.15, 0.2) is 54.0 Å². The number of nitrogens with one attached hydrogen (secondary N) is 1. The van der Waals surface area contributed by atoms with Gasteiger partial charge in [0.2, 0.25) is 6.79 Å². The van der Waals surface area contributed by atoms with Crippen LogP contribution in [0.25, 0.3) is 16.8 Å². The summed E-state index contributed by atoms with van der Waals surface area (Å²) in [6.07, 6.45) is 1.73. The molecule has 0 radical (unpaired) electrons. The highest BCUT2D eigenvalue weighted by atomic mass is 32.1. The fourth-order valence-electron chi connectivity index (χ4n) is 3.01. The molecule has 28 heavy (non-hydrogen) atoms. The molecule has 3 aromatic rings. The molecule has 1 N–H and O–H groups in total. The zero-order valence-electron chi connectivity index (χ0n) is 15.6. The summed E-state index contributed by atoms with van der Waals surface area (Å²) in [5.41, 5.74) is 4.44. The Morgan fingerprint density at radius 1 is 1.21 bits per heavy atom. The van der Waals surface area contributed by atoms with Crippen molar-refractivity contribution in [3.05, 3.63) is 64.6 Å². The van der Waals surface area contributed by atoms with Crippen molar-refractivity contribution >= 4 is 22.6 Å². The largest absolute Gasteiger partial charge is 0.454 e. The molecule has 0 saturated heterocycles. The lowest BCUT2D eigenvalue weighted by Crippen LogP contribution is -1.97. The molecule has 4 rings (SSSR count). The van der Waals surface area contributed by atoms with E-state index < -0.39 is 0 Å². The highest BCUT2D eigenvalue weighted by molar-refractivity contribution is 7.11. The number of para-hydroxylation sites is 1. The van der Waals surface area contributed by atoms with Crippen molar-refractivity contribution in [2.24, 2.45) is 0 Å². The molecule has 0 amide bonds. The van der Waals surface area contributed by atoms with Gasteiger partial charge < -0.3 is 14.8 Å². The molecular weight excluding hydrogens is 370 g/mol. The summed E-state index contributed by atoms with van der Waals surface area (Å²) < 4.78 is 10.8. The van der Waals surface area contributed by atoms with Gasteiger partial charge in [-0.15, -0.1) is 11.3 Å². The van der Waals surface area contributed by atoms with E-state index in [0.717, 1.165) is 28.4 Å². The third kappa shape index (κ3) is 3.57. The number of benzene rings is 2. The predicted octanol–water partition coefficient (Wildman–Crippen LogP) is 5.64. The van der Waals surface area contributed by atoms with Crippen LogP contribution in [-0.4, -0.2) is 11.8 Å². The molecule has 2 aromatic carbocycles. The molecule has 2 heterocycles. The molecule has 0 fully saturated rings. The number of ether oxygens (including phenoxy) is 2. The van der Waals surface area contributed by atoms with E-state index in [1.807, 2.05) is 41.8 Å². The zero-order valence-corrected chi connectivity index (χ0v) is 16.4. The molecular formula is C22H19N3O2S. The van der Waals surface area contributed by atoms with Crippen molar-refractivity contribution in [1.82, 2.24) is 4.98 Å². The predicted molar refractivity (Wildman–Crippen MR) is 111 cm³/mol. The SMILES string of the molecule is CC(C)c1ccccc1NC=C(C#N)c1nc(-c2ccc3c(c2)OCO3)cs1. The number of anilines is 1. The maximum Gasteiger partial charge on any atom is 0.231 e. The molecule has 5 nitrogen and oxygen atoms in total. The Hall–Kier alpha value is -3.30. The Kier molecular flexibility index (Phi) is 5.00. The summed E-state index contributed by atoms with van der Waals surface area (Å²) in [6, 6.07) is 16.1. The minimum absolute atomic E-state index is 0.242. The van der Waals surface area contributed by atoms with Crippen molar-refractivity contribution < 1.29 is 9.47 Å². The van der Waals surface area contributed by atoms with Gasteiger partial charge in [-0.05, 0) is 35.7 Å². The minimum Gasteiger partial charge on any atom is -0.454 e. The van der Waals surface area contributed by atoms with Crippen LogP contribution >= 0.6 is 11.3 Å². The van der Waals surface area contributed by atoms with E-state index >= 15 is 0 Å². The maximum absolute atomic E-state index is 9.61. The smallest absolute Gasteiger partial charge is 0.231 e. The van der Waals surface area contributed by atoms with Gasteiger partial charge in [0.05, 0.1) is 5.69 Å². The van der Waals surface area contributed by atoms with Gasteiger partial charge in [0.25, 0.3) is 0 Å². The van der Waals surface area contributed by atoms with Crippen molar-refractivity contribution in [3.63, 3.8) is 0 Å². The van der Waals surface area contributed by atoms with Gasteiger partial charge in [-0.2, -0.15) is 5.26 Å². The molecule has 0 atom stereocenters. The second kappa shape index (κ2) is 7.75. The molecule has 6 heteroatoms. The summed E-state index contributed by atoms with van der Waals surface area (Å²) in [5.74, 6) is 1.85. The van der Waals surface area contributed by atoms with Crippen LogP contribution in [0.5, 0.6) is 11.5 Å². The Morgan fingerprint density at radius 3 is 2.86 bits per heavy atom. The minimum atomic E-state index is 0.242. The number of nitriles is 1. The lowest BCUT2D eigenvalue weighted by Gasteiger charge is -2.12.